The molecule has 1 aromatic heterocycles. The molecule has 0 saturated carbocycles. The molecule has 0 aliphatic carbocycles. The minimum atomic E-state index is 0.207. The predicted molar refractivity (Wildman–Crippen MR) is 65.6 cm³/mol. The summed E-state index contributed by atoms with van der Waals surface area (Å²) in [6.07, 6.45) is 3.09. The normalized spacial score (nSPS) is 10.4. The predicted octanol–water partition coefficient (Wildman–Crippen LogP) is 4.05. The van der Waals surface area contributed by atoms with Gasteiger partial charge in [-0.2, -0.15) is 0 Å². The maximum atomic E-state index is 11.9. The van der Waals surface area contributed by atoms with Gasteiger partial charge in [-0.15, -0.1) is 17.9 Å². The molecule has 0 atom stereocenters. The fourth-order valence-electron chi connectivity index (χ4n) is 1.61. The Morgan fingerprint density at radius 1 is 1.40 bits per heavy atom. The zero-order valence-corrected chi connectivity index (χ0v) is 9.22. The quantitative estimate of drug-likeness (QED) is 0.556. The molecule has 0 amide bonds. The van der Waals surface area contributed by atoms with Crippen molar-refractivity contribution < 1.29 is 4.79 Å². The molecule has 0 unspecified atom stereocenters. The van der Waals surface area contributed by atoms with Crippen LogP contribution in [0.1, 0.15) is 23.2 Å². The number of hydrogen-bond donors (Lipinski definition) is 0. The molecule has 76 valence electrons. The third-order valence-electron chi connectivity index (χ3n) is 2.37. The van der Waals surface area contributed by atoms with E-state index in [-0.39, 0.29) is 5.78 Å². The van der Waals surface area contributed by atoms with Gasteiger partial charge in [0.15, 0.2) is 5.78 Å². The van der Waals surface area contributed by atoms with Crippen molar-refractivity contribution in [1.82, 2.24) is 0 Å². The van der Waals surface area contributed by atoms with Crippen LogP contribution < -0.4 is 0 Å². The lowest BCUT2D eigenvalue weighted by atomic mass is 10.0. The summed E-state index contributed by atoms with van der Waals surface area (Å²) < 4.78 is 1.18. The molecule has 0 radical (unpaired) electrons. The average molecular weight is 216 g/mol. The van der Waals surface area contributed by atoms with Crippen LogP contribution in [0.4, 0.5) is 0 Å². The van der Waals surface area contributed by atoms with Crippen LogP contribution in [-0.2, 0) is 0 Å². The molecule has 0 N–H and O–H groups in total. The van der Waals surface area contributed by atoms with E-state index in [2.05, 4.69) is 6.58 Å². The summed E-state index contributed by atoms with van der Waals surface area (Å²) in [4.78, 5) is 11.9. The van der Waals surface area contributed by atoms with Crippen molar-refractivity contribution in [3.8, 4) is 0 Å². The van der Waals surface area contributed by atoms with E-state index >= 15 is 0 Å². The van der Waals surface area contributed by atoms with Gasteiger partial charge in [-0.3, -0.25) is 4.79 Å². The van der Waals surface area contributed by atoms with Gasteiger partial charge in [0.1, 0.15) is 0 Å². The zero-order valence-electron chi connectivity index (χ0n) is 8.40. The van der Waals surface area contributed by atoms with Crippen LogP contribution in [0.3, 0.4) is 0 Å². The van der Waals surface area contributed by atoms with Gasteiger partial charge in [0.2, 0.25) is 0 Å². The molecular weight excluding hydrogens is 204 g/mol. The molecule has 0 aliphatic heterocycles. The number of carbonyl (C=O) groups excluding carboxylic acids is 1. The lowest BCUT2D eigenvalue weighted by Crippen LogP contribution is -1.98. The van der Waals surface area contributed by atoms with Gasteiger partial charge in [0.25, 0.3) is 0 Å². The second-order valence-corrected chi connectivity index (χ2v) is 4.34. The monoisotopic (exact) mass is 216 g/mol. The van der Waals surface area contributed by atoms with Gasteiger partial charge in [-0.05, 0) is 23.9 Å². The highest BCUT2D eigenvalue weighted by atomic mass is 32.1. The SMILES string of the molecule is C=CCCC(=O)c1cccc2sccc12. The Balaban J connectivity index is 2.38. The standard InChI is InChI=1S/C13H12OS/c1-2-3-6-12(14)10-5-4-7-13-11(10)8-9-15-13/h2,4-5,7-9H,1,3,6H2. The van der Waals surface area contributed by atoms with Crippen LogP contribution in [-0.4, -0.2) is 5.78 Å². The summed E-state index contributed by atoms with van der Waals surface area (Å²) in [6.45, 7) is 3.63. The zero-order chi connectivity index (χ0) is 10.7. The van der Waals surface area contributed by atoms with Crippen LogP contribution in [0.15, 0.2) is 42.3 Å². The Hall–Kier alpha value is -1.41. The van der Waals surface area contributed by atoms with Crippen molar-refractivity contribution >= 4 is 27.2 Å². The van der Waals surface area contributed by atoms with Gasteiger partial charge >= 0.3 is 0 Å². The van der Waals surface area contributed by atoms with E-state index in [9.17, 15) is 4.79 Å². The third-order valence-corrected chi connectivity index (χ3v) is 3.25. The van der Waals surface area contributed by atoms with Crippen LogP contribution >= 0.6 is 11.3 Å². The second-order valence-electron chi connectivity index (χ2n) is 3.39. The number of Topliss-reactive ketones (excluding diaryl/α,β-unsaturated/α-hetero) is 1. The summed E-state index contributed by atoms with van der Waals surface area (Å²) in [7, 11) is 0. The molecule has 0 saturated heterocycles. The van der Waals surface area contributed by atoms with E-state index in [1.165, 1.54) is 4.70 Å². The molecule has 2 heteroatoms. The number of rotatable bonds is 4. The van der Waals surface area contributed by atoms with E-state index in [0.29, 0.717) is 6.42 Å². The Bertz CT molecular complexity index is 496. The average Bonchev–Trinajstić information content (AvgIpc) is 2.73. The minimum absolute atomic E-state index is 0.207. The summed E-state index contributed by atoms with van der Waals surface area (Å²) in [5, 5.41) is 3.10. The fourth-order valence-corrected chi connectivity index (χ4v) is 2.42. The molecule has 0 spiro atoms. The van der Waals surface area contributed by atoms with Crippen molar-refractivity contribution in [3.05, 3.63) is 47.9 Å². The number of ketones is 1. The van der Waals surface area contributed by atoms with Gasteiger partial charge in [0, 0.05) is 22.1 Å². The molecule has 0 aliphatic rings. The Kier molecular flexibility index (Phi) is 2.97. The van der Waals surface area contributed by atoms with Crippen molar-refractivity contribution in [1.29, 1.82) is 0 Å². The third kappa shape index (κ3) is 2.00. The highest BCUT2D eigenvalue weighted by Crippen LogP contribution is 2.25. The van der Waals surface area contributed by atoms with Crippen molar-refractivity contribution in [2.75, 3.05) is 0 Å². The van der Waals surface area contributed by atoms with E-state index in [0.717, 1.165) is 17.4 Å². The molecule has 0 bridgehead atoms. The van der Waals surface area contributed by atoms with Gasteiger partial charge in [-0.25, -0.2) is 0 Å². The van der Waals surface area contributed by atoms with Crippen molar-refractivity contribution in [2.45, 2.75) is 12.8 Å². The largest absolute Gasteiger partial charge is 0.294 e. The second kappa shape index (κ2) is 4.41. The fraction of sp³-hybridized carbons (Fsp3) is 0.154. The van der Waals surface area contributed by atoms with Gasteiger partial charge < -0.3 is 0 Å². The van der Waals surface area contributed by atoms with Crippen molar-refractivity contribution in [3.63, 3.8) is 0 Å². The molecule has 2 aromatic rings. The summed E-state index contributed by atoms with van der Waals surface area (Å²) in [6, 6.07) is 7.91. The number of carbonyl (C=O) groups is 1. The first kappa shape index (κ1) is 10.1. The van der Waals surface area contributed by atoms with E-state index < -0.39 is 0 Å². The lowest BCUT2D eigenvalue weighted by molar-refractivity contribution is 0.0985. The van der Waals surface area contributed by atoms with Crippen molar-refractivity contribution in [2.24, 2.45) is 0 Å². The van der Waals surface area contributed by atoms with E-state index in [1.54, 1.807) is 17.4 Å². The Labute approximate surface area is 93.1 Å². The van der Waals surface area contributed by atoms with Crippen LogP contribution in [0.25, 0.3) is 10.1 Å². The number of hydrogen-bond acceptors (Lipinski definition) is 2. The maximum absolute atomic E-state index is 11.9. The first-order valence-corrected chi connectivity index (χ1v) is 5.81. The molecule has 15 heavy (non-hydrogen) atoms. The van der Waals surface area contributed by atoms with Crippen LogP contribution in [0, 0.1) is 0 Å². The minimum Gasteiger partial charge on any atom is -0.294 e. The molecule has 2 rings (SSSR count). The Morgan fingerprint density at radius 2 is 2.27 bits per heavy atom. The molecular formula is C13H12OS. The first-order valence-electron chi connectivity index (χ1n) is 4.93. The highest BCUT2D eigenvalue weighted by molar-refractivity contribution is 7.17. The van der Waals surface area contributed by atoms with Gasteiger partial charge in [-0.1, -0.05) is 18.2 Å². The molecule has 0 fully saturated rings. The molecule has 1 aromatic carbocycles. The van der Waals surface area contributed by atoms with Crippen LogP contribution in [0.2, 0.25) is 0 Å². The first-order chi connectivity index (χ1) is 7.33. The summed E-state index contributed by atoms with van der Waals surface area (Å²) in [5.41, 5.74) is 0.843. The lowest BCUT2D eigenvalue weighted by Gasteiger charge is -2.00. The number of benzene rings is 1. The highest BCUT2D eigenvalue weighted by Gasteiger charge is 2.09. The summed E-state index contributed by atoms with van der Waals surface area (Å²) >= 11 is 1.67. The van der Waals surface area contributed by atoms with Gasteiger partial charge in [0.05, 0.1) is 0 Å². The number of fused-ring (bicyclic) bond motifs is 1. The smallest absolute Gasteiger partial charge is 0.163 e. The molecule has 1 heterocycles. The maximum Gasteiger partial charge on any atom is 0.163 e. The number of thiophene rings is 1. The van der Waals surface area contributed by atoms with E-state index in [4.69, 9.17) is 0 Å². The Morgan fingerprint density at radius 3 is 3.07 bits per heavy atom. The topological polar surface area (TPSA) is 17.1 Å². The summed E-state index contributed by atoms with van der Waals surface area (Å²) in [5.74, 6) is 0.207. The molecule has 1 nitrogen and oxygen atoms in total. The van der Waals surface area contributed by atoms with Crippen LogP contribution in [0.5, 0.6) is 0 Å². The number of allylic oxidation sites excluding steroid dienone is 1. The van der Waals surface area contributed by atoms with E-state index in [1.807, 2.05) is 29.6 Å².